The number of ether oxygens (including phenoxy) is 1. The Morgan fingerprint density at radius 3 is 2.47 bits per heavy atom. The molecule has 1 heterocycles. The summed E-state index contributed by atoms with van der Waals surface area (Å²) in [6.07, 6.45) is 0. The van der Waals surface area contributed by atoms with Gasteiger partial charge in [0.05, 0.1) is 7.11 Å². The summed E-state index contributed by atoms with van der Waals surface area (Å²) in [6, 6.07) is 12.6. The van der Waals surface area contributed by atoms with Crippen molar-refractivity contribution in [1.29, 1.82) is 0 Å². The number of halogens is 1. The Morgan fingerprint density at radius 2 is 1.80 bits per heavy atom. The van der Waals surface area contributed by atoms with Crippen LogP contribution in [-0.2, 0) is 0 Å². The maximum Gasteiger partial charge on any atom is 0.223 e. The molecule has 1 aromatic carbocycles. The zero-order chi connectivity index (χ0) is 10.7. The van der Waals surface area contributed by atoms with Crippen LogP contribution >= 0.6 is 0 Å². The van der Waals surface area contributed by atoms with Gasteiger partial charge in [-0.15, -0.1) is 0 Å². The van der Waals surface area contributed by atoms with Crippen LogP contribution in [0.2, 0.25) is 0 Å². The van der Waals surface area contributed by atoms with Gasteiger partial charge in [0, 0.05) is 5.56 Å². The summed E-state index contributed by atoms with van der Waals surface area (Å²) in [7, 11) is 1.48. The SMILES string of the molecule is COc1nc(F)ccc1-c1ccccc1. The van der Waals surface area contributed by atoms with E-state index in [-0.39, 0.29) is 0 Å². The molecule has 0 aliphatic carbocycles. The lowest BCUT2D eigenvalue weighted by molar-refractivity contribution is 0.389. The lowest BCUT2D eigenvalue weighted by Crippen LogP contribution is -1.93. The lowest BCUT2D eigenvalue weighted by Gasteiger charge is -2.06. The molecule has 2 nitrogen and oxygen atoms in total. The monoisotopic (exact) mass is 203 g/mol. The van der Waals surface area contributed by atoms with Crippen molar-refractivity contribution >= 4 is 0 Å². The largest absolute Gasteiger partial charge is 0.480 e. The van der Waals surface area contributed by atoms with Crippen LogP contribution in [0.15, 0.2) is 42.5 Å². The number of aromatic nitrogens is 1. The Hall–Kier alpha value is -1.90. The number of rotatable bonds is 2. The fourth-order valence-corrected chi connectivity index (χ4v) is 1.41. The first-order valence-corrected chi connectivity index (χ1v) is 4.57. The van der Waals surface area contributed by atoms with E-state index < -0.39 is 5.95 Å². The van der Waals surface area contributed by atoms with Crippen LogP contribution in [0.25, 0.3) is 11.1 Å². The second-order valence-corrected chi connectivity index (χ2v) is 3.06. The van der Waals surface area contributed by atoms with Gasteiger partial charge in [-0.05, 0) is 17.7 Å². The second kappa shape index (κ2) is 4.09. The van der Waals surface area contributed by atoms with Crippen LogP contribution in [0, 0.1) is 5.95 Å². The molecule has 0 saturated heterocycles. The standard InChI is InChI=1S/C12H10FNO/c1-15-12-10(7-8-11(13)14-12)9-5-3-2-4-6-9/h2-8H,1H3. The molecular formula is C12H10FNO. The van der Waals surface area contributed by atoms with E-state index >= 15 is 0 Å². The molecule has 0 atom stereocenters. The van der Waals surface area contributed by atoms with Crippen molar-refractivity contribution in [2.75, 3.05) is 7.11 Å². The molecule has 0 spiro atoms. The van der Waals surface area contributed by atoms with Crippen LogP contribution in [0.5, 0.6) is 5.88 Å². The van der Waals surface area contributed by atoms with E-state index in [1.54, 1.807) is 6.07 Å². The minimum Gasteiger partial charge on any atom is -0.480 e. The van der Waals surface area contributed by atoms with Crippen molar-refractivity contribution in [1.82, 2.24) is 4.98 Å². The summed E-state index contributed by atoms with van der Waals surface area (Å²) >= 11 is 0. The average molecular weight is 203 g/mol. The predicted molar refractivity (Wildman–Crippen MR) is 56.2 cm³/mol. The van der Waals surface area contributed by atoms with Crippen LogP contribution in [0.1, 0.15) is 0 Å². The van der Waals surface area contributed by atoms with Crippen LogP contribution < -0.4 is 4.74 Å². The maximum absolute atomic E-state index is 12.9. The fraction of sp³-hybridized carbons (Fsp3) is 0.0833. The minimum absolute atomic E-state index is 0.307. The van der Waals surface area contributed by atoms with Gasteiger partial charge >= 0.3 is 0 Å². The molecule has 0 amide bonds. The molecular weight excluding hydrogens is 193 g/mol. The molecule has 0 unspecified atom stereocenters. The first-order valence-electron chi connectivity index (χ1n) is 4.57. The highest BCUT2D eigenvalue weighted by molar-refractivity contribution is 5.68. The zero-order valence-corrected chi connectivity index (χ0v) is 8.27. The van der Waals surface area contributed by atoms with Crippen molar-refractivity contribution in [2.45, 2.75) is 0 Å². The quantitative estimate of drug-likeness (QED) is 0.700. The lowest BCUT2D eigenvalue weighted by atomic mass is 10.1. The van der Waals surface area contributed by atoms with Crippen molar-refractivity contribution in [3.8, 4) is 17.0 Å². The smallest absolute Gasteiger partial charge is 0.223 e. The van der Waals surface area contributed by atoms with Gasteiger partial charge in [-0.2, -0.15) is 9.37 Å². The van der Waals surface area contributed by atoms with E-state index in [1.165, 1.54) is 13.2 Å². The van der Waals surface area contributed by atoms with Crippen molar-refractivity contribution in [3.63, 3.8) is 0 Å². The number of hydrogen-bond acceptors (Lipinski definition) is 2. The van der Waals surface area contributed by atoms with Crippen LogP contribution in [0.4, 0.5) is 4.39 Å². The van der Waals surface area contributed by atoms with Gasteiger partial charge in [0.15, 0.2) is 0 Å². The molecule has 76 valence electrons. The molecule has 0 aliphatic heterocycles. The van der Waals surface area contributed by atoms with Gasteiger partial charge in [0.25, 0.3) is 0 Å². The maximum atomic E-state index is 12.9. The van der Waals surface area contributed by atoms with E-state index in [2.05, 4.69) is 4.98 Å². The molecule has 15 heavy (non-hydrogen) atoms. The van der Waals surface area contributed by atoms with Crippen LogP contribution in [-0.4, -0.2) is 12.1 Å². The Morgan fingerprint density at radius 1 is 1.07 bits per heavy atom. The van der Waals surface area contributed by atoms with E-state index in [0.29, 0.717) is 5.88 Å². The first kappa shape index (κ1) is 9.65. The summed E-state index contributed by atoms with van der Waals surface area (Å²) in [4.78, 5) is 3.68. The van der Waals surface area contributed by atoms with E-state index in [9.17, 15) is 4.39 Å². The third-order valence-electron chi connectivity index (χ3n) is 2.10. The zero-order valence-electron chi connectivity index (χ0n) is 8.27. The highest BCUT2D eigenvalue weighted by atomic mass is 19.1. The summed E-state index contributed by atoms with van der Waals surface area (Å²) in [5.41, 5.74) is 1.75. The Balaban J connectivity index is 2.53. The summed E-state index contributed by atoms with van der Waals surface area (Å²) in [5.74, 6) is -0.229. The van der Waals surface area contributed by atoms with Crippen LogP contribution in [0.3, 0.4) is 0 Å². The molecule has 1 aromatic heterocycles. The van der Waals surface area contributed by atoms with Crippen molar-refractivity contribution in [3.05, 3.63) is 48.4 Å². The topological polar surface area (TPSA) is 22.1 Å². The Kier molecular flexibility index (Phi) is 2.63. The molecule has 3 heteroatoms. The Labute approximate surface area is 87.4 Å². The van der Waals surface area contributed by atoms with Gasteiger partial charge in [0.1, 0.15) is 0 Å². The van der Waals surface area contributed by atoms with Gasteiger partial charge in [0.2, 0.25) is 11.8 Å². The molecule has 0 saturated carbocycles. The highest BCUT2D eigenvalue weighted by Gasteiger charge is 2.07. The Bertz CT molecular complexity index is 456. The molecule has 0 bridgehead atoms. The average Bonchev–Trinajstić information content (AvgIpc) is 2.30. The molecule has 0 radical (unpaired) electrons. The van der Waals surface area contributed by atoms with Crippen molar-refractivity contribution in [2.24, 2.45) is 0 Å². The number of hydrogen-bond donors (Lipinski definition) is 0. The molecule has 2 aromatic rings. The minimum atomic E-state index is -0.536. The van der Waals surface area contributed by atoms with Gasteiger partial charge < -0.3 is 4.74 Å². The third kappa shape index (κ3) is 1.96. The number of pyridine rings is 1. The van der Waals surface area contributed by atoms with Gasteiger partial charge in [-0.1, -0.05) is 30.3 Å². The summed E-state index contributed by atoms with van der Waals surface area (Å²) in [5, 5.41) is 0. The van der Waals surface area contributed by atoms with E-state index in [1.807, 2.05) is 30.3 Å². The molecule has 0 aliphatic rings. The third-order valence-corrected chi connectivity index (χ3v) is 2.10. The van der Waals surface area contributed by atoms with Crippen molar-refractivity contribution < 1.29 is 9.13 Å². The molecule has 0 N–H and O–H groups in total. The number of nitrogens with zero attached hydrogens (tertiary/aromatic N) is 1. The normalized spacial score (nSPS) is 10.0. The fourth-order valence-electron chi connectivity index (χ4n) is 1.41. The number of methoxy groups -OCH3 is 1. The van der Waals surface area contributed by atoms with E-state index in [0.717, 1.165) is 11.1 Å². The first-order chi connectivity index (χ1) is 7.31. The summed E-state index contributed by atoms with van der Waals surface area (Å²) in [6.45, 7) is 0. The second-order valence-electron chi connectivity index (χ2n) is 3.06. The summed E-state index contributed by atoms with van der Waals surface area (Å²) < 4.78 is 17.9. The van der Waals surface area contributed by atoms with E-state index in [4.69, 9.17) is 4.74 Å². The number of benzene rings is 1. The predicted octanol–water partition coefficient (Wildman–Crippen LogP) is 2.90. The molecule has 2 rings (SSSR count). The molecule has 0 fully saturated rings. The van der Waals surface area contributed by atoms with Gasteiger partial charge in [-0.25, -0.2) is 0 Å². The highest BCUT2D eigenvalue weighted by Crippen LogP contribution is 2.27. The van der Waals surface area contributed by atoms with Gasteiger partial charge in [-0.3, -0.25) is 0 Å².